The molecule has 74 valence electrons. The maximum absolute atomic E-state index is 11.0. The van der Waals surface area contributed by atoms with Gasteiger partial charge in [0.15, 0.2) is 0 Å². The van der Waals surface area contributed by atoms with E-state index in [0.29, 0.717) is 0 Å². The van der Waals surface area contributed by atoms with Gasteiger partial charge < -0.3 is 10.1 Å². The third-order valence-electron chi connectivity index (χ3n) is 2.61. The van der Waals surface area contributed by atoms with Crippen LogP contribution in [-0.4, -0.2) is 13.2 Å². The minimum atomic E-state index is -0.355. The summed E-state index contributed by atoms with van der Waals surface area (Å²) in [5.41, 5.74) is 2.55. The molecular formula is C11H13NO2. The minimum absolute atomic E-state index is 0.124. The molecule has 1 aliphatic carbocycles. The fourth-order valence-corrected chi connectivity index (χ4v) is 1.91. The van der Waals surface area contributed by atoms with Gasteiger partial charge in [-0.25, -0.2) is 4.79 Å². The number of hydrogen-bond donors (Lipinski definition) is 1. The van der Waals surface area contributed by atoms with Crippen molar-refractivity contribution in [3.05, 3.63) is 35.4 Å². The number of ether oxygens (including phenoxy) is 1. The average molecular weight is 191 g/mol. The zero-order valence-electron chi connectivity index (χ0n) is 8.12. The second-order valence-electron chi connectivity index (χ2n) is 3.43. The number of benzene rings is 1. The molecule has 1 aromatic rings. The summed E-state index contributed by atoms with van der Waals surface area (Å²) in [5.74, 6) is 0. The van der Waals surface area contributed by atoms with Crippen molar-refractivity contribution in [2.75, 3.05) is 7.11 Å². The van der Waals surface area contributed by atoms with Gasteiger partial charge in [0.25, 0.3) is 0 Å². The van der Waals surface area contributed by atoms with Gasteiger partial charge in [0.05, 0.1) is 13.2 Å². The fraction of sp³-hybridized carbons (Fsp3) is 0.364. The highest BCUT2D eigenvalue weighted by Gasteiger charge is 2.23. The molecule has 0 radical (unpaired) electrons. The smallest absolute Gasteiger partial charge is 0.407 e. The van der Waals surface area contributed by atoms with Crippen molar-refractivity contribution >= 4 is 6.09 Å². The molecule has 0 bridgehead atoms. The van der Waals surface area contributed by atoms with E-state index < -0.39 is 0 Å². The molecule has 2 rings (SSSR count). The SMILES string of the molecule is COC(=O)N[C@H]1CCc2ccccc21. The van der Waals surface area contributed by atoms with Gasteiger partial charge in [-0.1, -0.05) is 24.3 Å². The van der Waals surface area contributed by atoms with Crippen molar-refractivity contribution in [3.8, 4) is 0 Å². The van der Waals surface area contributed by atoms with Crippen LogP contribution in [0.3, 0.4) is 0 Å². The molecule has 1 amide bonds. The quantitative estimate of drug-likeness (QED) is 0.737. The Morgan fingerprint density at radius 3 is 3.07 bits per heavy atom. The predicted octanol–water partition coefficient (Wildman–Crippen LogP) is 2.03. The Morgan fingerprint density at radius 2 is 2.29 bits per heavy atom. The summed E-state index contributed by atoms with van der Waals surface area (Å²) in [5, 5.41) is 2.82. The molecule has 1 aliphatic rings. The Kier molecular flexibility index (Phi) is 2.39. The van der Waals surface area contributed by atoms with E-state index >= 15 is 0 Å². The number of rotatable bonds is 1. The van der Waals surface area contributed by atoms with Crippen LogP contribution in [0.15, 0.2) is 24.3 Å². The van der Waals surface area contributed by atoms with Crippen molar-refractivity contribution in [1.29, 1.82) is 0 Å². The van der Waals surface area contributed by atoms with E-state index in [4.69, 9.17) is 0 Å². The topological polar surface area (TPSA) is 38.3 Å². The van der Waals surface area contributed by atoms with Gasteiger partial charge in [0, 0.05) is 0 Å². The first-order valence-corrected chi connectivity index (χ1v) is 4.73. The maximum Gasteiger partial charge on any atom is 0.407 e. The maximum atomic E-state index is 11.0. The van der Waals surface area contributed by atoms with Gasteiger partial charge >= 0.3 is 6.09 Å². The molecule has 0 saturated heterocycles. The molecule has 0 fully saturated rings. The molecule has 1 aromatic carbocycles. The summed E-state index contributed by atoms with van der Waals surface area (Å²) in [6, 6.07) is 8.31. The van der Waals surface area contributed by atoms with Crippen LogP contribution in [0, 0.1) is 0 Å². The molecule has 0 unspecified atom stereocenters. The number of methoxy groups -OCH3 is 1. The van der Waals surface area contributed by atoms with Crippen LogP contribution in [0.2, 0.25) is 0 Å². The Hall–Kier alpha value is -1.51. The van der Waals surface area contributed by atoms with Crippen LogP contribution in [0.4, 0.5) is 4.79 Å². The normalized spacial score (nSPS) is 18.8. The molecule has 0 spiro atoms. The molecule has 0 heterocycles. The average Bonchev–Trinajstić information content (AvgIpc) is 2.62. The number of nitrogens with one attached hydrogen (secondary N) is 1. The predicted molar refractivity (Wildman–Crippen MR) is 53.0 cm³/mol. The van der Waals surface area contributed by atoms with Crippen LogP contribution in [0.25, 0.3) is 0 Å². The molecule has 0 aliphatic heterocycles. The van der Waals surface area contributed by atoms with Gasteiger partial charge in [-0.3, -0.25) is 0 Å². The molecular weight excluding hydrogens is 178 g/mol. The van der Waals surface area contributed by atoms with E-state index in [9.17, 15) is 4.79 Å². The van der Waals surface area contributed by atoms with E-state index in [1.807, 2.05) is 12.1 Å². The largest absolute Gasteiger partial charge is 0.453 e. The zero-order chi connectivity index (χ0) is 9.97. The molecule has 1 atom stereocenters. The number of carbonyl (C=O) groups excluding carboxylic acids is 1. The number of hydrogen-bond acceptors (Lipinski definition) is 2. The Labute approximate surface area is 83.1 Å². The third-order valence-corrected chi connectivity index (χ3v) is 2.61. The van der Waals surface area contributed by atoms with Crippen molar-refractivity contribution in [3.63, 3.8) is 0 Å². The van der Waals surface area contributed by atoms with Gasteiger partial charge in [-0.15, -0.1) is 0 Å². The Balaban J connectivity index is 2.14. The first-order valence-electron chi connectivity index (χ1n) is 4.73. The van der Waals surface area contributed by atoms with Gasteiger partial charge in [-0.2, -0.15) is 0 Å². The number of carbonyl (C=O) groups is 1. The van der Waals surface area contributed by atoms with Gasteiger partial charge in [0.2, 0.25) is 0 Å². The zero-order valence-corrected chi connectivity index (χ0v) is 8.12. The molecule has 1 N–H and O–H groups in total. The lowest BCUT2D eigenvalue weighted by Crippen LogP contribution is -2.26. The minimum Gasteiger partial charge on any atom is -0.453 e. The number of amides is 1. The van der Waals surface area contributed by atoms with Crippen molar-refractivity contribution in [1.82, 2.24) is 5.32 Å². The fourth-order valence-electron chi connectivity index (χ4n) is 1.91. The van der Waals surface area contributed by atoms with Crippen molar-refractivity contribution < 1.29 is 9.53 Å². The van der Waals surface area contributed by atoms with Crippen LogP contribution in [0.1, 0.15) is 23.6 Å². The lowest BCUT2D eigenvalue weighted by molar-refractivity contribution is 0.166. The van der Waals surface area contributed by atoms with E-state index in [0.717, 1.165) is 12.8 Å². The van der Waals surface area contributed by atoms with Crippen LogP contribution < -0.4 is 5.32 Å². The molecule has 0 saturated carbocycles. The summed E-state index contributed by atoms with van der Waals surface area (Å²) in [6.45, 7) is 0. The summed E-state index contributed by atoms with van der Waals surface area (Å²) in [6.07, 6.45) is 1.64. The third kappa shape index (κ3) is 1.58. The Morgan fingerprint density at radius 1 is 1.50 bits per heavy atom. The highest BCUT2D eigenvalue weighted by atomic mass is 16.5. The van der Waals surface area contributed by atoms with Crippen molar-refractivity contribution in [2.45, 2.75) is 18.9 Å². The standard InChI is InChI=1S/C11H13NO2/c1-14-11(13)12-10-7-6-8-4-2-3-5-9(8)10/h2-5,10H,6-7H2,1H3,(H,12,13)/t10-/m0/s1. The van der Waals surface area contributed by atoms with Crippen molar-refractivity contribution in [2.24, 2.45) is 0 Å². The summed E-state index contributed by atoms with van der Waals surface area (Å²) < 4.78 is 4.58. The molecule has 3 nitrogen and oxygen atoms in total. The van der Waals surface area contributed by atoms with Crippen LogP contribution in [-0.2, 0) is 11.2 Å². The number of aryl methyl sites for hydroxylation is 1. The molecule has 3 heteroatoms. The highest BCUT2D eigenvalue weighted by molar-refractivity contribution is 5.68. The number of alkyl carbamates (subject to hydrolysis) is 1. The lowest BCUT2D eigenvalue weighted by Gasteiger charge is -2.12. The second kappa shape index (κ2) is 3.70. The molecule has 14 heavy (non-hydrogen) atoms. The Bertz CT molecular complexity index is 349. The van der Waals surface area contributed by atoms with E-state index in [1.54, 1.807) is 0 Å². The lowest BCUT2D eigenvalue weighted by atomic mass is 10.1. The second-order valence-corrected chi connectivity index (χ2v) is 3.43. The van der Waals surface area contributed by atoms with Crippen LogP contribution >= 0.6 is 0 Å². The monoisotopic (exact) mass is 191 g/mol. The van der Waals surface area contributed by atoms with Gasteiger partial charge in [0.1, 0.15) is 0 Å². The van der Waals surface area contributed by atoms with Crippen LogP contribution in [0.5, 0.6) is 0 Å². The highest BCUT2D eigenvalue weighted by Crippen LogP contribution is 2.30. The summed E-state index contributed by atoms with van der Waals surface area (Å²) >= 11 is 0. The summed E-state index contributed by atoms with van der Waals surface area (Å²) in [4.78, 5) is 11.0. The first-order chi connectivity index (χ1) is 6.81. The van der Waals surface area contributed by atoms with E-state index in [-0.39, 0.29) is 12.1 Å². The van der Waals surface area contributed by atoms with Gasteiger partial charge in [-0.05, 0) is 24.0 Å². The first kappa shape index (κ1) is 9.06. The van der Waals surface area contributed by atoms with E-state index in [2.05, 4.69) is 22.2 Å². The number of fused-ring (bicyclic) bond motifs is 1. The van der Waals surface area contributed by atoms with E-state index in [1.165, 1.54) is 18.2 Å². The molecule has 0 aromatic heterocycles. The summed E-state index contributed by atoms with van der Waals surface area (Å²) in [7, 11) is 1.39.